The second-order valence-corrected chi connectivity index (χ2v) is 7.79. The van der Waals surface area contributed by atoms with E-state index in [-0.39, 0.29) is 6.61 Å². The van der Waals surface area contributed by atoms with Crippen LogP contribution in [0.2, 0.25) is 5.02 Å². The van der Waals surface area contributed by atoms with Crippen molar-refractivity contribution in [1.82, 2.24) is 0 Å². The summed E-state index contributed by atoms with van der Waals surface area (Å²) in [5.41, 5.74) is 5.62. The highest BCUT2D eigenvalue weighted by molar-refractivity contribution is 6.31. The van der Waals surface area contributed by atoms with Crippen molar-refractivity contribution in [3.05, 3.63) is 69.2 Å². The van der Waals surface area contributed by atoms with E-state index >= 15 is 0 Å². The summed E-state index contributed by atoms with van der Waals surface area (Å²) in [6.07, 6.45) is 1.54. The summed E-state index contributed by atoms with van der Waals surface area (Å²) in [5, 5.41) is 20.3. The number of hydrogen-bond donors (Lipinski definition) is 2. The Hall–Kier alpha value is -1.43. The van der Waals surface area contributed by atoms with Gasteiger partial charge in [0.25, 0.3) is 0 Å². The molecule has 2 aliphatic heterocycles. The summed E-state index contributed by atoms with van der Waals surface area (Å²) in [5.74, 6) is -0.895. The average Bonchev–Trinajstić information content (AvgIpc) is 3.05. The summed E-state index contributed by atoms with van der Waals surface area (Å²) in [4.78, 5) is 0. The number of aryl methyl sites for hydroxylation is 1. The maximum atomic E-state index is 10.0. The molecule has 3 atom stereocenters. The first-order chi connectivity index (χ1) is 13.1. The quantitative estimate of drug-likeness (QED) is 0.838. The van der Waals surface area contributed by atoms with Crippen LogP contribution in [-0.4, -0.2) is 29.0 Å². The van der Waals surface area contributed by atoms with E-state index in [1.807, 2.05) is 12.1 Å². The second-order valence-electron chi connectivity index (χ2n) is 7.39. The molecule has 27 heavy (non-hydrogen) atoms. The van der Waals surface area contributed by atoms with Crippen molar-refractivity contribution in [2.24, 2.45) is 0 Å². The van der Waals surface area contributed by atoms with Crippen LogP contribution in [0.5, 0.6) is 0 Å². The van der Waals surface area contributed by atoms with Crippen LogP contribution in [0.25, 0.3) is 0 Å². The highest BCUT2D eigenvalue weighted by Crippen LogP contribution is 2.47. The van der Waals surface area contributed by atoms with Crippen LogP contribution >= 0.6 is 11.6 Å². The topological polar surface area (TPSA) is 58.9 Å². The van der Waals surface area contributed by atoms with E-state index in [9.17, 15) is 10.2 Å². The molecule has 5 heteroatoms. The fourth-order valence-corrected chi connectivity index (χ4v) is 4.35. The molecule has 0 aromatic heterocycles. The maximum Gasteiger partial charge on any atom is 0.196 e. The van der Waals surface area contributed by atoms with Crippen LogP contribution in [-0.2, 0) is 34.7 Å². The van der Waals surface area contributed by atoms with E-state index in [4.69, 9.17) is 21.1 Å². The molecule has 2 heterocycles. The molecule has 0 bridgehead atoms. The van der Waals surface area contributed by atoms with E-state index in [1.165, 1.54) is 11.1 Å². The molecular formula is C22H25ClO4. The fraction of sp³-hybridized carbons (Fsp3) is 0.455. The summed E-state index contributed by atoms with van der Waals surface area (Å²) < 4.78 is 12.1. The number of fused-ring (bicyclic) bond motifs is 2. The van der Waals surface area contributed by atoms with Crippen LogP contribution in [0.15, 0.2) is 36.4 Å². The van der Waals surface area contributed by atoms with Crippen molar-refractivity contribution >= 4 is 11.6 Å². The van der Waals surface area contributed by atoms with Gasteiger partial charge in [-0.25, -0.2) is 0 Å². The fourth-order valence-electron chi connectivity index (χ4n) is 4.11. The molecule has 0 radical (unpaired) electrons. The van der Waals surface area contributed by atoms with Gasteiger partial charge in [-0.3, -0.25) is 0 Å². The minimum atomic E-state index is -0.895. The predicted octanol–water partition coefficient (Wildman–Crippen LogP) is 3.71. The predicted molar refractivity (Wildman–Crippen MR) is 104 cm³/mol. The Balaban J connectivity index is 1.67. The molecule has 2 aromatic carbocycles. The van der Waals surface area contributed by atoms with Crippen molar-refractivity contribution in [3.8, 4) is 0 Å². The van der Waals surface area contributed by atoms with Gasteiger partial charge in [0.1, 0.15) is 6.10 Å². The third-order valence-corrected chi connectivity index (χ3v) is 6.12. The summed E-state index contributed by atoms with van der Waals surface area (Å²) >= 11 is 6.55. The van der Waals surface area contributed by atoms with Crippen molar-refractivity contribution in [3.63, 3.8) is 0 Å². The molecule has 144 valence electrons. The van der Waals surface area contributed by atoms with Crippen molar-refractivity contribution < 1.29 is 19.7 Å². The summed E-state index contributed by atoms with van der Waals surface area (Å²) in [6, 6.07) is 12.5. The molecule has 2 aliphatic rings. The van der Waals surface area contributed by atoms with Gasteiger partial charge in [-0.15, -0.1) is 0 Å². The molecule has 4 rings (SSSR count). The van der Waals surface area contributed by atoms with Gasteiger partial charge < -0.3 is 19.7 Å². The molecule has 2 aromatic rings. The van der Waals surface area contributed by atoms with E-state index in [2.05, 4.69) is 31.2 Å². The highest BCUT2D eigenvalue weighted by atomic mass is 35.5. The first-order valence-electron chi connectivity index (χ1n) is 9.55. The molecule has 1 saturated heterocycles. The SMILES string of the molecule is CCc1ccc(Cc2c(Cl)ccc3c2COC32CCC(O)C(CO)O2)cc1. The van der Waals surface area contributed by atoms with Crippen molar-refractivity contribution in [2.45, 2.75) is 57.2 Å². The third kappa shape index (κ3) is 3.41. The highest BCUT2D eigenvalue weighted by Gasteiger charge is 2.48. The third-order valence-electron chi connectivity index (χ3n) is 5.77. The van der Waals surface area contributed by atoms with E-state index in [0.29, 0.717) is 19.4 Å². The molecule has 1 fully saturated rings. The molecule has 4 nitrogen and oxygen atoms in total. The number of halogens is 1. The van der Waals surface area contributed by atoms with Crippen LogP contribution < -0.4 is 0 Å². The first kappa shape index (κ1) is 18.9. The Labute approximate surface area is 164 Å². The van der Waals surface area contributed by atoms with Crippen LogP contribution in [0.1, 0.15) is 47.6 Å². The van der Waals surface area contributed by atoms with E-state index in [0.717, 1.165) is 34.6 Å². The zero-order valence-corrected chi connectivity index (χ0v) is 16.2. The van der Waals surface area contributed by atoms with Crippen LogP contribution in [0.3, 0.4) is 0 Å². The monoisotopic (exact) mass is 388 g/mol. The van der Waals surface area contributed by atoms with Gasteiger partial charge in [0, 0.05) is 17.0 Å². The largest absolute Gasteiger partial charge is 0.394 e. The van der Waals surface area contributed by atoms with Gasteiger partial charge in [-0.1, -0.05) is 48.9 Å². The Morgan fingerprint density at radius 3 is 2.59 bits per heavy atom. The minimum Gasteiger partial charge on any atom is -0.394 e. The molecule has 1 spiro atoms. The van der Waals surface area contributed by atoms with E-state index in [1.54, 1.807) is 0 Å². The normalized spacial score (nSPS) is 27.1. The zero-order valence-electron chi connectivity index (χ0n) is 15.5. The first-order valence-corrected chi connectivity index (χ1v) is 9.93. The Morgan fingerprint density at radius 2 is 1.89 bits per heavy atom. The number of benzene rings is 2. The van der Waals surface area contributed by atoms with Crippen molar-refractivity contribution in [1.29, 1.82) is 0 Å². The number of aliphatic hydroxyl groups excluding tert-OH is 2. The lowest BCUT2D eigenvalue weighted by atomic mass is 9.89. The molecule has 2 N–H and O–H groups in total. The van der Waals surface area contributed by atoms with Gasteiger partial charge in [-0.2, -0.15) is 0 Å². The van der Waals surface area contributed by atoms with Crippen LogP contribution in [0.4, 0.5) is 0 Å². The standard InChI is InChI=1S/C22H25ClO4/c1-2-14-3-5-15(6-4-14)11-16-17-13-26-22(18(17)7-8-19(16)23)10-9-20(25)21(12-24)27-22/h3-8,20-21,24-25H,2,9-13H2,1H3. The molecule has 3 unspecified atom stereocenters. The van der Waals surface area contributed by atoms with Gasteiger partial charge >= 0.3 is 0 Å². The minimum absolute atomic E-state index is 0.230. The van der Waals surface area contributed by atoms with Gasteiger partial charge in [0.15, 0.2) is 5.79 Å². The van der Waals surface area contributed by atoms with Gasteiger partial charge in [0.2, 0.25) is 0 Å². The second kappa shape index (κ2) is 7.53. The van der Waals surface area contributed by atoms with E-state index < -0.39 is 18.0 Å². The maximum absolute atomic E-state index is 10.0. The Bertz CT molecular complexity index is 820. The average molecular weight is 389 g/mol. The Kier molecular flexibility index (Phi) is 5.28. The molecule has 0 amide bonds. The summed E-state index contributed by atoms with van der Waals surface area (Å²) in [6.45, 7) is 2.34. The molecular weight excluding hydrogens is 364 g/mol. The molecule has 0 aliphatic carbocycles. The molecule has 0 saturated carbocycles. The lowest BCUT2D eigenvalue weighted by Gasteiger charge is -2.40. The summed E-state index contributed by atoms with van der Waals surface area (Å²) in [7, 11) is 0. The van der Waals surface area contributed by atoms with Crippen molar-refractivity contribution in [2.75, 3.05) is 6.61 Å². The smallest absolute Gasteiger partial charge is 0.196 e. The van der Waals surface area contributed by atoms with Gasteiger partial charge in [0.05, 0.1) is 19.3 Å². The van der Waals surface area contributed by atoms with Crippen LogP contribution in [0, 0.1) is 0 Å². The lowest BCUT2D eigenvalue weighted by molar-refractivity contribution is -0.306. The Morgan fingerprint density at radius 1 is 1.15 bits per heavy atom. The number of ether oxygens (including phenoxy) is 2. The lowest BCUT2D eigenvalue weighted by Crippen LogP contribution is -2.47. The number of aliphatic hydroxyl groups is 2. The number of hydrogen-bond acceptors (Lipinski definition) is 4. The zero-order chi connectivity index (χ0) is 19.0. The number of rotatable bonds is 4. The van der Waals surface area contributed by atoms with Gasteiger partial charge in [-0.05, 0) is 47.6 Å².